The van der Waals surface area contributed by atoms with Gasteiger partial charge in [-0.05, 0) is 95.0 Å². The summed E-state index contributed by atoms with van der Waals surface area (Å²) in [5.74, 6) is 0.715. The molecule has 268 valence electrons. The summed E-state index contributed by atoms with van der Waals surface area (Å²) >= 11 is 0. The van der Waals surface area contributed by atoms with Crippen molar-refractivity contribution in [2.24, 2.45) is 0 Å². The summed E-state index contributed by atoms with van der Waals surface area (Å²) in [4.78, 5) is 10.4. The van der Waals surface area contributed by atoms with Crippen LogP contribution in [0.4, 0.5) is 0 Å². The van der Waals surface area contributed by atoms with Crippen LogP contribution >= 0.6 is 0 Å². The average molecular weight is 727 g/mol. The van der Waals surface area contributed by atoms with Crippen LogP contribution in [0.3, 0.4) is 0 Å². The van der Waals surface area contributed by atoms with Gasteiger partial charge in [0.15, 0.2) is 5.82 Å². The van der Waals surface area contributed by atoms with Gasteiger partial charge in [0, 0.05) is 22.1 Å². The molecule has 0 N–H and O–H groups in total. The van der Waals surface area contributed by atoms with E-state index in [0.29, 0.717) is 5.82 Å². The van der Waals surface area contributed by atoms with Gasteiger partial charge in [-0.1, -0.05) is 190 Å². The van der Waals surface area contributed by atoms with Gasteiger partial charge in [-0.25, -0.2) is 9.97 Å². The second-order valence-electron chi connectivity index (χ2n) is 15.7. The predicted octanol–water partition coefficient (Wildman–Crippen LogP) is 14.6. The van der Waals surface area contributed by atoms with E-state index in [1.807, 2.05) is 12.1 Å². The van der Waals surface area contributed by atoms with Crippen LogP contribution in [0.5, 0.6) is 0 Å². The van der Waals surface area contributed by atoms with Gasteiger partial charge < -0.3 is 0 Å². The van der Waals surface area contributed by atoms with E-state index < -0.39 is 0 Å². The van der Waals surface area contributed by atoms with Gasteiger partial charge >= 0.3 is 0 Å². The molecule has 0 fully saturated rings. The van der Waals surface area contributed by atoms with Crippen LogP contribution in [0.2, 0.25) is 0 Å². The van der Waals surface area contributed by atoms with Crippen LogP contribution in [0.15, 0.2) is 194 Å². The molecule has 0 saturated heterocycles. The molecule has 0 radical (unpaired) electrons. The van der Waals surface area contributed by atoms with E-state index >= 15 is 0 Å². The van der Waals surface area contributed by atoms with Crippen molar-refractivity contribution in [1.29, 1.82) is 0 Å². The smallest absolute Gasteiger partial charge is 0.161 e. The highest BCUT2D eigenvalue weighted by atomic mass is 14.9. The summed E-state index contributed by atoms with van der Waals surface area (Å²) in [7, 11) is 0. The maximum Gasteiger partial charge on any atom is 0.161 e. The molecule has 0 bridgehead atoms. The van der Waals surface area contributed by atoms with Crippen molar-refractivity contribution in [3.8, 4) is 67.3 Å². The summed E-state index contributed by atoms with van der Waals surface area (Å²) in [6, 6.07) is 70.1. The first-order valence-corrected chi connectivity index (χ1v) is 19.7. The van der Waals surface area contributed by atoms with E-state index in [0.717, 1.165) is 33.5 Å². The lowest BCUT2D eigenvalue weighted by Gasteiger charge is -2.22. The fraction of sp³-hybridized carbons (Fsp3) is 0.0545. The molecule has 1 aromatic heterocycles. The van der Waals surface area contributed by atoms with E-state index in [2.05, 4.69) is 196 Å². The van der Waals surface area contributed by atoms with E-state index in [1.165, 1.54) is 71.4 Å². The van der Waals surface area contributed by atoms with Gasteiger partial charge in [-0.2, -0.15) is 0 Å². The van der Waals surface area contributed by atoms with E-state index in [9.17, 15) is 0 Å². The van der Waals surface area contributed by atoms with Crippen LogP contribution in [0.1, 0.15) is 25.0 Å². The van der Waals surface area contributed by atoms with Crippen LogP contribution < -0.4 is 0 Å². The molecule has 2 nitrogen and oxygen atoms in total. The first-order chi connectivity index (χ1) is 28.0. The lowest BCUT2D eigenvalue weighted by Crippen LogP contribution is -2.14. The molecule has 0 unspecified atom stereocenters. The minimum Gasteiger partial charge on any atom is -0.228 e. The Kier molecular flexibility index (Phi) is 7.55. The molecule has 1 aliphatic rings. The van der Waals surface area contributed by atoms with Crippen molar-refractivity contribution >= 4 is 32.3 Å². The van der Waals surface area contributed by atoms with Gasteiger partial charge in [-0.15, -0.1) is 0 Å². The number of rotatable bonds is 5. The molecule has 10 aromatic rings. The number of benzene rings is 9. The molecule has 2 heteroatoms. The van der Waals surface area contributed by atoms with Crippen molar-refractivity contribution in [3.63, 3.8) is 0 Å². The summed E-state index contributed by atoms with van der Waals surface area (Å²) in [6.45, 7) is 4.72. The largest absolute Gasteiger partial charge is 0.228 e. The number of hydrogen-bond acceptors (Lipinski definition) is 2. The Morgan fingerprint density at radius 1 is 0.333 bits per heavy atom. The SMILES string of the molecule is CC1(C)c2ccc(-c3ccc(-c4ccc(-c5nc(-c6ccccc6)cc(-c6ccccc6)n5)c5ccccc45)c4ccccc34)cc2-c2c1ccc1ccccc21. The zero-order valence-electron chi connectivity index (χ0n) is 31.9. The Morgan fingerprint density at radius 3 is 1.42 bits per heavy atom. The second kappa shape index (κ2) is 13.0. The van der Waals surface area contributed by atoms with Crippen LogP contribution in [0.25, 0.3) is 99.6 Å². The highest BCUT2D eigenvalue weighted by Crippen LogP contribution is 2.52. The summed E-state index contributed by atoms with van der Waals surface area (Å²) < 4.78 is 0. The topological polar surface area (TPSA) is 25.8 Å². The minimum atomic E-state index is -0.0661. The third-order valence-electron chi connectivity index (χ3n) is 12.1. The number of nitrogens with zero attached hydrogens (tertiary/aromatic N) is 2. The van der Waals surface area contributed by atoms with E-state index in [4.69, 9.17) is 9.97 Å². The van der Waals surface area contributed by atoms with Gasteiger partial charge in [0.25, 0.3) is 0 Å². The minimum absolute atomic E-state index is 0.0661. The standard InChI is InChI=1S/C55H38N2/c1-55(2)49-31-26-38(33-48(49)53-40-20-10-9-15-35(40)25-32-50(53)55)39-27-28-45(42-22-12-11-21-41(39)42)46-29-30-47(44-24-14-13-23-43(44)46)54-56-51(36-16-5-3-6-17-36)34-52(57-54)37-18-7-4-8-19-37/h3-34H,1-2H3. The Hall–Kier alpha value is -7.16. The number of fused-ring (bicyclic) bond motifs is 7. The molecule has 9 aromatic carbocycles. The zero-order chi connectivity index (χ0) is 38.1. The van der Waals surface area contributed by atoms with Crippen LogP contribution in [-0.4, -0.2) is 9.97 Å². The van der Waals surface area contributed by atoms with Gasteiger partial charge in [0.2, 0.25) is 0 Å². The van der Waals surface area contributed by atoms with Crippen LogP contribution in [0, 0.1) is 0 Å². The van der Waals surface area contributed by atoms with Gasteiger partial charge in [0.05, 0.1) is 11.4 Å². The summed E-state index contributed by atoms with van der Waals surface area (Å²) in [6.07, 6.45) is 0. The quantitative estimate of drug-likeness (QED) is 0.176. The van der Waals surface area contributed by atoms with Crippen molar-refractivity contribution in [2.75, 3.05) is 0 Å². The summed E-state index contributed by atoms with van der Waals surface area (Å²) in [5.41, 5.74) is 15.3. The van der Waals surface area contributed by atoms with Crippen molar-refractivity contribution in [2.45, 2.75) is 19.3 Å². The molecule has 11 rings (SSSR count). The number of hydrogen-bond donors (Lipinski definition) is 0. The third-order valence-corrected chi connectivity index (χ3v) is 12.1. The lowest BCUT2D eigenvalue weighted by molar-refractivity contribution is 0.661. The van der Waals surface area contributed by atoms with Crippen molar-refractivity contribution in [3.05, 3.63) is 205 Å². The predicted molar refractivity (Wildman–Crippen MR) is 239 cm³/mol. The van der Waals surface area contributed by atoms with Crippen molar-refractivity contribution in [1.82, 2.24) is 9.97 Å². The maximum atomic E-state index is 5.20. The first-order valence-electron chi connectivity index (χ1n) is 19.7. The van der Waals surface area contributed by atoms with Gasteiger partial charge in [-0.3, -0.25) is 0 Å². The Bertz CT molecular complexity index is 3140. The molecule has 0 spiro atoms. The Balaban J connectivity index is 1.07. The average Bonchev–Trinajstić information content (AvgIpc) is 3.51. The molecular weight excluding hydrogens is 689 g/mol. The monoisotopic (exact) mass is 726 g/mol. The molecule has 0 saturated carbocycles. The molecule has 0 aliphatic heterocycles. The highest BCUT2D eigenvalue weighted by Gasteiger charge is 2.36. The zero-order valence-corrected chi connectivity index (χ0v) is 31.9. The maximum absolute atomic E-state index is 5.20. The molecule has 1 aliphatic carbocycles. The third kappa shape index (κ3) is 5.33. The fourth-order valence-corrected chi connectivity index (χ4v) is 9.29. The van der Waals surface area contributed by atoms with Crippen LogP contribution in [-0.2, 0) is 5.41 Å². The highest BCUT2D eigenvalue weighted by molar-refractivity contribution is 6.12. The van der Waals surface area contributed by atoms with Gasteiger partial charge in [0.1, 0.15) is 0 Å². The Labute approximate surface area is 332 Å². The second-order valence-corrected chi connectivity index (χ2v) is 15.7. The summed E-state index contributed by atoms with van der Waals surface area (Å²) in [5, 5.41) is 7.37. The molecular formula is C55H38N2. The normalized spacial score (nSPS) is 12.9. The first kappa shape index (κ1) is 33.2. The lowest BCUT2D eigenvalue weighted by atomic mass is 9.81. The molecule has 0 amide bonds. The number of aromatic nitrogens is 2. The van der Waals surface area contributed by atoms with E-state index in [1.54, 1.807) is 0 Å². The molecule has 1 heterocycles. The Morgan fingerprint density at radius 2 is 0.807 bits per heavy atom. The fourth-order valence-electron chi connectivity index (χ4n) is 9.29. The van der Waals surface area contributed by atoms with Crippen molar-refractivity contribution < 1.29 is 0 Å². The molecule has 0 atom stereocenters. The van der Waals surface area contributed by atoms with E-state index in [-0.39, 0.29) is 5.41 Å². The molecule has 57 heavy (non-hydrogen) atoms.